The molecule has 0 spiro atoms. The smallest absolute Gasteiger partial charge is 0.333 e. The summed E-state index contributed by atoms with van der Waals surface area (Å²) in [6, 6.07) is 0. The number of hydrogen-bond donors (Lipinski definition) is 0. The summed E-state index contributed by atoms with van der Waals surface area (Å²) in [5.74, 6) is 2.36. The number of carbonyl (C=O) groups is 2. The van der Waals surface area contributed by atoms with E-state index in [-0.39, 0.29) is 18.0 Å². The summed E-state index contributed by atoms with van der Waals surface area (Å²) in [6.45, 7) is 13.8. The Hall–Kier alpha value is -1.65. The first-order valence-electron chi connectivity index (χ1n) is 13.9. The SMILES string of the molecule is C=C(C)C.C=C(C)C(=O)OCCCC1CCC(C2CCC(C3CCC(OC=O)CC3)C(F)C2)CC1. The minimum Gasteiger partial charge on any atom is -0.465 e. The molecule has 0 aliphatic heterocycles. The number of halogens is 1. The molecule has 4 nitrogen and oxygen atoms in total. The van der Waals surface area contributed by atoms with Crippen molar-refractivity contribution in [2.75, 3.05) is 6.61 Å². The van der Waals surface area contributed by atoms with E-state index >= 15 is 4.39 Å². The Bertz CT molecular complexity index is 670. The molecule has 3 saturated carbocycles. The molecular weight excluding hydrogens is 443 g/mol. The molecule has 3 atom stereocenters. The summed E-state index contributed by atoms with van der Waals surface area (Å²) in [6.07, 6.45) is 13.1. The lowest BCUT2D eigenvalue weighted by Crippen LogP contribution is -2.37. The largest absolute Gasteiger partial charge is 0.465 e. The molecule has 0 heterocycles. The molecular formula is C30H49FO4. The van der Waals surface area contributed by atoms with Crippen LogP contribution >= 0.6 is 0 Å². The second kappa shape index (κ2) is 15.5. The van der Waals surface area contributed by atoms with Crippen molar-refractivity contribution in [3.63, 3.8) is 0 Å². The molecule has 0 N–H and O–H groups in total. The summed E-state index contributed by atoms with van der Waals surface area (Å²) < 4.78 is 25.5. The van der Waals surface area contributed by atoms with Crippen molar-refractivity contribution >= 4 is 12.4 Å². The predicted molar refractivity (Wildman–Crippen MR) is 140 cm³/mol. The van der Waals surface area contributed by atoms with Gasteiger partial charge in [-0.25, -0.2) is 9.18 Å². The molecule has 0 saturated heterocycles. The van der Waals surface area contributed by atoms with Crippen LogP contribution in [-0.4, -0.2) is 31.3 Å². The van der Waals surface area contributed by atoms with Crippen LogP contribution in [-0.2, 0) is 19.1 Å². The molecule has 0 amide bonds. The third-order valence-corrected chi connectivity index (χ3v) is 8.33. The molecule has 0 aromatic carbocycles. The van der Waals surface area contributed by atoms with Crippen LogP contribution in [0.2, 0.25) is 0 Å². The molecule has 3 aliphatic rings. The average molecular weight is 493 g/mol. The van der Waals surface area contributed by atoms with Gasteiger partial charge in [0, 0.05) is 5.57 Å². The van der Waals surface area contributed by atoms with Crippen molar-refractivity contribution in [2.45, 2.75) is 117 Å². The molecule has 0 radical (unpaired) electrons. The molecule has 0 aromatic rings. The fraction of sp³-hybridized carbons (Fsp3) is 0.800. The Kier molecular flexibility index (Phi) is 13.1. The summed E-state index contributed by atoms with van der Waals surface area (Å²) >= 11 is 0. The van der Waals surface area contributed by atoms with Crippen LogP contribution in [0.15, 0.2) is 24.3 Å². The number of carbonyl (C=O) groups excluding carboxylic acids is 2. The van der Waals surface area contributed by atoms with Crippen LogP contribution in [0.3, 0.4) is 0 Å². The van der Waals surface area contributed by atoms with Gasteiger partial charge in [-0.05, 0) is 121 Å². The topological polar surface area (TPSA) is 52.6 Å². The van der Waals surface area contributed by atoms with Crippen LogP contribution in [0.1, 0.15) is 104 Å². The van der Waals surface area contributed by atoms with E-state index in [4.69, 9.17) is 9.47 Å². The van der Waals surface area contributed by atoms with Gasteiger partial charge in [0.1, 0.15) is 12.3 Å². The number of hydrogen-bond acceptors (Lipinski definition) is 4. The van der Waals surface area contributed by atoms with Crippen molar-refractivity contribution in [1.29, 1.82) is 0 Å². The molecule has 35 heavy (non-hydrogen) atoms. The minimum absolute atomic E-state index is 0.0523. The maximum absolute atomic E-state index is 15.2. The van der Waals surface area contributed by atoms with E-state index in [1.165, 1.54) is 37.7 Å². The van der Waals surface area contributed by atoms with Crippen LogP contribution in [0, 0.1) is 29.6 Å². The predicted octanol–water partition coefficient (Wildman–Crippen LogP) is 7.76. The zero-order chi connectivity index (χ0) is 25.8. The first-order valence-corrected chi connectivity index (χ1v) is 13.9. The highest BCUT2D eigenvalue weighted by Crippen LogP contribution is 2.47. The van der Waals surface area contributed by atoms with Gasteiger partial charge >= 0.3 is 5.97 Å². The lowest BCUT2D eigenvalue weighted by atomic mass is 9.64. The van der Waals surface area contributed by atoms with Crippen LogP contribution < -0.4 is 0 Å². The average Bonchev–Trinajstić information content (AvgIpc) is 2.82. The molecule has 0 bridgehead atoms. The van der Waals surface area contributed by atoms with E-state index in [2.05, 4.69) is 13.2 Å². The van der Waals surface area contributed by atoms with Gasteiger partial charge in [-0.1, -0.05) is 25.0 Å². The first kappa shape index (κ1) is 29.6. The Morgan fingerprint density at radius 3 is 2.00 bits per heavy atom. The second-order valence-electron chi connectivity index (χ2n) is 11.6. The third-order valence-electron chi connectivity index (χ3n) is 8.33. The minimum atomic E-state index is -0.659. The van der Waals surface area contributed by atoms with E-state index in [1.54, 1.807) is 6.92 Å². The number of rotatable bonds is 9. The first-order chi connectivity index (χ1) is 16.7. The molecule has 3 rings (SSSR count). The quantitative estimate of drug-likeness (QED) is 0.108. The maximum Gasteiger partial charge on any atom is 0.333 e. The van der Waals surface area contributed by atoms with Crippen molar-refractivity contribution in [3.05, 3.63) is 24.3 Å². The van der Waals surface area contributed by atoms with Crippen LogP contribution in [0.25, 0.3) is 0 Å². The second-order valence-corrected chi connectivity index (χ2v) is 11.6. The normalized spacial score (nSPS) is 33.0. The van der Waals surface area contributed by atoms with E-state index in [1.807, 2.05) is 13.8 Å². The highest BCUT2D eigenvalue weighted by atomic mass is 19.1. The Labute approximate surface area is 213 Å². The third kappa shape index (κ3) is 10.5. The molecule has 3 fully saturated rings. The fourth-order valence-corrected chi connectivity index (χ4v) is 6.47. The van der Waals surface area contributed by atoms with Gasteiger partial charge in [-0.15, -0.1) is 6.58 Å². The van der Waals surface area contributed by atoms with Crippen LogP contribution in [0.5, 0.6) is 0 Å². The number of esters is 1. The lowest BCUT2D eigenvalue weighted by molar-refractivity contribution is -0.139. The van der Waals surface area contributed by atoms with Gasteiger partial charge in [-0.3, -0.25) is 4.79 Å². The van der Waals surface area contributed by atoms with Crippen molar-refractivity contribution in [2.24, 2.45) is 29.6 Å². The zero-order valence-corrected chi connectivity index (χ0v) is 22.4. The van der Waals surface area contributed by atoms with E-state index < -0.39 is 6.17 Å². The summed E-state index contributed by atoms with van der Waals surface area (Å²) in [7, 11) is 0. The zero-order valence-electron chi connectivity index (χ0n) is 22.4. The van der Waals surface area contributed by atoms with Crippen LogP contribution in [0.4, 0.5) is 4.39 Å². The number of ether oxygens (including phenoxy) is 2. The van der Waals surface area contributed by atoms with Gasteiger partial charge in [0.15, 0.2) is 0 Å². The maximum atomic E-state index is 15.2. The standard InChI is InChI=1S/C26H41FO4.C4H8/c1-18(2)26(29)30-15-3-4-19-5-7-20(8-6-19)22-11-14-24(25(27)16-22)21-9-12-23(13-10-21)31-17-28;1-4(2)3/h17,19-25H,1,3-16H2,2H3;1H2,2-3H3. The van der Waals surface area contributed by atoms with Gasteiger partial charge in [0.25, 0.3) is 6.47 Å². The summed E-state index contributed by atoms with van der Waals surface area (Å²) in [4.78, 5) is 22.0. The monoisotopic (exact) mass is 492 g/mol. The highest BCUT2D eigenvalue weighted by molar-refractivity contribution is 5.86. The molecule has 3 unspecified atom stereocenters. The Morgan fingerprint density at radius 2 is 1.46 bits per heavy atom. The number of allylic oxidation sites excluding steroid dienone is 1. The van der Waals surface area contributed by atoms with E-state index in [0.717, 1.165) is 57.3 Å². The van der Waals surface area contributed by atoms with Gasteiger partial charge < -0.3 is 9.47 Å². The van der Waals surface area contributed by atoms with Crippen molar-refractivity contribution in [1.82, 2.24) is 0 Å². The molecule has 3 aliphatic carbocycles. The number of alkyl halides is 1. The Morgan fingerprint density at radius 1 is 0.886 bits per heavy atom. The van der Waals surface area contributed by atoms with Crippen molar-refractivity contribution in [3.8, 4) is 0 Å². The molecule has 0 aromatic heterocycles. The van der Waals surface area contributed by atoms with E-state index in [9.17, 15) is 9.59 Å². The Balaban J connectivity index is 0.00000100. The van der Waals surface area contributed by atoms with Crippen molar-refractivity contribution < 1.29 is 23.5 Å². The lowest BCUT2D eigenvalue weighted by Gasteiger charge is -2.42. The summed E-state index contributed by atoms with van der Waals surface area (Å²) in [5.41, 5.74) is 1.63. The molecule has 5 heteroatoms. The van der Waals surface area contributed by atoms with E-state index in [0.29, 0.717) is 36.4 Å². The fourth-order valence-electron chi connectivity index (χ4n) is 6.47. The molecule has 200 valence electrons. The van der Waals surface area contributed by atoms with Gasteiger partial charge in [-0.2, -0.15) is 0 Å². The summed E-state index contributed by atoms with van der Waals surface area (Å²) in [5, 5.41) is 0. The van der Waals surface area contributed by atoms with Gasteiger partial charge in [0.05, 0.1) is 6.61 Å². The van der Waals surface area contributed by atoms with Gasteiger partial charge in [0.2, 0.25) is 0 Å². The highest BCUT2D eigenvalue weighted by Gasteiger charge is 2.40.